The Hall–Kier alpha value is -2.10. The van der Waals surface area contributed by atoms with Gasteiger partial charge in [-0.25, -0.2) is 4.79 Å². The number of rotatable bonds is 4. The smallest absolute Gasteiger partial charge is 0.471 e. The van der Waals surface area contributed by atoms with Crippen molar-refractivity contribution >= 4 is 11.9 Å². The number of carbonyl (C=O) groups is 2. The molecule has 0 aliphatic heterocycles. The summed E-state index contributed by atoms with van der Waals surface area (Å²) in [7, 11) is 0. The Morgan fingerprint density at radius 3 is 2.64 bits per heavy atom. The predicted molar refractivity (Wildman–Crippen MR) is 65.9 cm³/mol. The van der Waals surface area contributed by atoms with Gasteiger partial charge in [0.1, 0.15) is 0 Å². The SMILES string of the molecule is O=C(O)c1cnn(CC2C[C@@H](O)[C@H](NC(=O)C(F)(F)F)C2)c1. The van der Waals surface area contributed by atoms with Crippen LogP contribution in [0.15, 0.2) is 12.4 Å². The molecule has 2 rings (SSSR count). The first-order chi connectivity index (χ1) is 10.2. The second kappa shape index (κ2) is 5.95. The maximum atomic E-state index is 12.2. The Bertz CT molecular complexity index is 572. The highest BCUT2D eigenvalue weighted by Gasteiger charge is 2.43. The van der Waals surface area contributed by atoms with Gasteiger partial charge < -0.3 is 15.5 Å². The van der Waals surface area contributed by atoms with Gasteiger partial charge in [0.15, 0.2) is 0 Å². The average Bonchev–Trinajstić information content (AvgIpc) is 2.97. The molecule has 0 saturated heterocycles. The molecule has 122 valence electrons. The third-order valence-corrected chi connectivity index (χ3v) is 3.53. The number of aromatic nitrogens is 2. The van der Waals surface area contributed by atoms with Crippen molar-refractivity contribution in [1.82, 2.24) is 15.1 Å². The molecular formula is C12H14F3N3O4. The van der Waals surface area contributed by atoms with Gasteiger partial charge in [-0.05, 0) is 18.8 Å². The lowest BCUT2D eigenvalue weighted by atomic mass is 10.1. The number of hydrogen-bond donors (Lipinski definition) is 3. The Kier molecular flexibility index (Phi) is 4.40. The van der Waals surface area contributed by atoms with Crippen LogP contribution in [0.25, 0.3) is 0 Å². The number of nitrogens with zero attached hydrogens (tertiary/aromatic N) is 2. The van der Waals surface area contributed by atoms with Crippen molar-refractivity contribution in [1.29, 1.82) is 0 Å². The number of carbonyl (C=O) groups excluding carboxylic acids is 1. The van der Waals surface area contributed by atoms with Crippen molar-refractivity contribution in [3.05, 3.63) is 18.0 Å². The number of aliphatic hydroxyl groups is 1. The number of carboxylic acid groups (broad SMARTS) is 1. The molecule has 1 saturated carbocycles. The average molecular weight is 321 g/mol. The number of halogens is 3. The van der Waals surface area contributed by atoms with Crippen molar-refractivity contribution in [3.63, 3.8) is 0 Å². The summed E-state index contributed by atoms with van der Waals surface area (Å²) in [6, 6.07) is -0.978. The van der Waals surface area contributed by atoms with Crippen LogP contribution in [-0.4, -0.2) is 50.2 Å². The van der Waals surface area contributed by atoms with E-state index in [0.717, 1.165) is 6.20 Å². The lowest BCUT2D eigenvalue weighted by Gasteiger charge is -2.17. The van der Waals surface area contributed by atoms with Crippen LogP contribution in [0.5, 0.6) is 0 Å². The predicted octanol–water partition coefficient (Wildman–Crippen LogP) is 0.399. The molecule has 7 nitrogen and oxygen atoms in total. The number of nitrogens with one attached hydrogen (secondary N) is 1. The molecule has 0 spiro atoms. The zero-order chi connectivity index (χ0) is 16.5. The van der Waals surface area contributed by atoms with Gasteiger partial charge >= 0.3 is 18.1 Å². The number of alkyl halides is 3. The van der Waals surface area contributed by atoms with E-state index in [0.29, 0.717) is 0 Å². The molecule has 1 aliphatic carbocycles. The van der Waals surface area contributed by atoms with Crippen LogP contribution < -0.4 is 5.32 Å². The molecule has 1 unspecified atom stereocenters. The Morgan fingerprint density at radius 1 is 1.41 bits per heavy atom. The molecule has 1 amide bonds. The summed E-state index contributed by atoms with van der Waals surface area (Å²) in [6.07, 6.45) is -3.25. The molecule has 22 heavy (non-hydrogen) atoms. The molecule has 0 aromatic carbocycles. The summed E-state index contributed by atoms with van der Waals surface area (Å²) in [4.78, 5) is 21.6. The van der Waals surface area contributed by atoms with Crippen molar-refractivity contribution in [3.8, 4) is 0 Å². The zero-order valence-electron chi connectivity index (χ0n) is 11.2. The Balaban J connectivity index is 1.92. The van der Waals surface area contributed by atoms with E-state index >= 15 is 0 Å². The maximum Gasteiger partial charge on any atom is 0.471 e. The first-order valence-corrected chi connectivity index (χ1v) is 6.48. The van der Waals surface area contributed by atoms with E-state index in [4.69, 9.17) is 5.11 Å². The first-order valence-electron chi connectivity index (χ1n) is 6.48. The van der Waals surface area contributed by atoms with Gasteiger partial charge in [0.05, 0.1) is 23.9 Å². The van der Waals surface area contributed by atoms with Gasteiger partial charge in [-0.3, -0.25) is 9.48 Å². The number of carboxylic acids is 1. The van der Waals surface area contributed by atoms with Crippen LogP contribution in [0.3, 0.4) is 0 Å². The highest BCUT2D eigenvalue weighted by molar-refractivity contribution is 5.86. The van der Waals surface area contributed by atoms with E-state index in [1.54, 1.807) is 5.32 Å². The molecule has 3 N–H and O–H groups in total. The molecule has 1 aromatic heterocycles. The normalized spacial score (nSPS) is 25.2. The van der Waals surface area contributed by atoms with Gasteiger partial charge in [0, 0.05) is 12.7 Å². The summed E-state index contributed by atoms with van der Waals surface area (Å²) in [5.41, 5.74) is 0.000435. The summed E-state index contributed by atoms with van der Waals surface area (Å²) in [6.45, 7) is 0.253. The minimum absolute atomic E-state index is 0.000435. The molecule has 1 aliphatic rings. The Morgan fingerprint density at radius 2 is 2.09 bits per heavy atom. The minimum atomic E-state index is -4.99. The summed E-state index contributed by atoms with van der Waals surface area (Å²) in [5.74, 6) is -3.42. The van der Waals surface area contributed by atoms with Crippen LogP contribution in [0.1, 0.15) is 23.2 Å². The van der Waals surface area contributed by atoms with Gasteiger partial charge in [-0.15, -0.1) is 0 Å². The second-order valence-electron chi connectivity index (χ2n) is 5.24. The van der Waals surface area contributed by atoms with Crippen molar-refractivity contribution < 1.29 is 33.0 Å². The monoisotopic (exact) mass is 321 g/mol. The quantitative estimate of drug-likeness (QED) is 0.744. The number of hydrogen-bond acceptors (Lipinski definition) is 4. The summed E-state index contributed by atoms with van der Waals surface area (Å²) in [5, 5.41) is 24.1. The molecule has 1 fully saturated rings. The van der Waals surface area contributed by atoms with Crippen LogP contribution in [0.4, 0.5) is 13.2 Å². The van der Waals surface area contributed by atoms with Crippen LogP contribution in [0, 0.1) is 5.92 Å². The second-order valence-corrected chi connectivity index (χ2v) is 5.24. The van der Waals surface area contributed by atoms with E-state index in [2.05, 4.69) is 5.10 Å². The minimum Gasteiger partial charge on any atom is -0.478 e. The van der Waals surface area contributed by atoms with Gasteiger partial charge in [0.2, 0.25) is 0 Å². The van der Waals surface area contributed by atoms with Crippen molar-refractivity contribution in [2.75, 3.05) is 0 Å². The van der Waals surface area contributed by atoms with E-state index in [-0.39, 0.29) is 30.9 Å². The van der Waals surface area contributed by atoms with E-state index in [1.165, 1.54) is 10.9 Å². The molecule has 1 aromatic rings. The number of aliphatic hydroxyl groups excluding tert-OH is 1. The van der Waals surface area contributed by atoms with E-state index in [9.17, 15) is 27.9 Å². The van der Waals surface area contributed by atoms with Gasteiger partial charge in [-0.2, -0.15) is 18.3 Å². The van der Waals surface area contributed by atoms with Gasteiger partial charge in [-0.1, -0.05) is 0 Å². The highest BCUT2D eigenvalue weighted by Crippen LogP contribution is 2.28. The van der Waals surface area contributed by atoms with Crippen molar-refractivity contribution in [2.24, 2.45) is 5.92 Å². The molecule has 0 bridgehead atoms. The largest absolute Gasteiger partial charge is 0.478 e. The number of amides is 1. The molecule has 10 heteroatoms. The molecule has 1 heterocycles. The maximum absolute atomic E-state index is 12.2. The number of aromatic carboxylic acids is 1. The fourth-order valence-corrected chi connectivity index (χ4v) is 2.51. The van der Waals surface area contributed by atoms with Crippen LogP contribution in [-0.2, 0) is 11.3 Å². The molecular weight excluding hydrogens is 307 g/mol. The van der Waals surface area contributed by atoms with Crippen LogP contribution >= 0.6 is 0 Å². The molecule has 0 radical (unpaired) electrons. The summed E-state index contributed by atoms with van der Waals surface area (Å²) < 4.78 is 37.9. The lowest BCUT2D eigenvalue weighted by Crippen LogP contribution is -2.46. The standard InChI is InChI=1S/C12H14F3N3O4/c13-12(14,15)11(22)17-8-1-6(2-9(8)19)4-18-5-7(3-16-18)10(20)21/h3,5-6,8-9,19H,1-2,4H2,(H,17,22)(H,20,21)/t6?,8-,9-/m1/s1. The van der Waals surface area contributed by atoms with Crippen molar-refractivity contribution in [2.45, 2.75) is 37.7 Å². The summed E-state index contributed by atoms with van der Waals surface area (Å²) >= 11 is 0. The topological polar surface area (TPSA) is 104 Å². The van der Waals surface area contributed by atoms with Gasteiger partial charge in [0.25, 0.3) is 0 Å². The van der Waals surface area contributed by atoms with E-state index in [1.807, 2.05) is 0 Å². The fourth-order valence-electron chi connectivity index (χ4n) is 2.51. The zero-order valence-corrected chi connectivity index (χ0v) is 11.2. The fraction of sp³-hybridized carbons (Fsp3) is 0.583. The lowest BCUT2D eigenvalue weighted by molar-refractivity contribution is -0.174. The highest BCUT2D eigenvalue weighted by atomic mass is 19.4. The Labute approximate surface area is 122 Å². The first kappa shape index (κ1) is 16.3. The molecule has 3 atom stereocenters. The van der Waals surface area contributed by atoms with E-state index < -0.39 is 30.2 Å². The third-order valence-electron chi connectivity index (χ3n) is 3.53. The third kappa shape index (κ3) is 3.75. The van der Waals surface area contributed by atoms with Crippen LogP contribution in [0.2, 0.25) is 0 Å².